The molecule has 12 heteroatoms. The zero-order valence-corrected chi connectivity index (χ0v) is 21.6. The minimum absolute atomic E-state index is 0.0536. The van der Waals surface area contributed by atoms with Gasteiger partial charge in [-0.05, 0) is 68.5 Å². The van der Waals surface area contributed by atoms with Crippen LogP contribution < -0.4 is 15.4 Å². The van der Waals surface area contributed by atoms with Gasteiger partial charge in [0, 0.05) is 18.4 Å². The Bertz CT molecular complexity index is 1420. The van der Waals surface area contributed by atoms with E-state index in [0.29, 0.717) is 42.5 Å². The predicted octanol–water partition coefficient (Wildman–Crippen LogP) is 4.09. The summed E-state index contributed by atoms with van der Waals surface area (Å²) in [5.41, 5.74) is 1.76. The third-order valence-corrected chi connectivity index (χ3v) is 8.89. The number of imidazole rings is 1. The van der Waals surface area contributed by atoms with Gasteiger partial charge in [0.2, 0.25) is 15.9 Å². The smallest absolute Gasteiger partial charge is 0.262 e. The van der Waals surface area contributed by atoms with E-state index in [0.717, 1.165) is 5.56 Å². The molecule has 2 atom stereocenters. The zero-order valence-electron chi connectivity index (χ0n) is 20.8. The highest BCUT2D eigenvalue weighted by molar-refractivity contribution is 7.89. The third-order valence-electron chi connectivity index (χ3n) is 7.37. The molecule has 1 aromatic heterocycles. The van der Waals surface area contributed by atoms with E-state index in [-0.39, 0.29) is 41.0 Å². The number of nitrogens with zero attached hydrogens (tertiary/aromatic N) is 1. The second-order valence-electron chi connectivity index (χ2n) is 10.2. The van der Waals surface area contributed by atoms with E-state index in [2.05, 4.69) is 25.3 Å². The van der Waals surface area contributed by atoms with Crippen LogP contribution >= 0.6 is 0 Å². The Morgan fingerprint density at radius 1 is 1.11 bits per heavy atom. The van der Waals surface area contributed by atoms with Crippen molar-refractivity contribution in [2.75, 3.05) is 6.54 Å². The standard InChI is InChI=1S/C26H30F3N5O3S/c1-15(16-2-6-18(27)7-3-16)31-25(35)17-4-8-19(9-5-17)34-38(36,37)20-10-11-21-22(12-20)33-24(32-21)23-13-26(28,29)14-30-23/h2-3,6-7,10-12,15,17,19,23,30,34H,4-5,8-9,13-14H2,1H3,(H,31,35)(H,32,33)/t15-,17?,19?,23?/m1/s1. The molecule has 5 rings (SSSR count). The van der Waals surface area contributed by atoms with Crippen LogP contribution in [0, 0.1) is 11.7 Å². The molecular formula is C26H30F3N5O3S. The van der Waals surface area contributed by atoms with Gasteiger partial charge in [-0.25, -0.2) is 31.3 Å². The lowest BCUT2D eigenvalue weighted by molar-refractivity contribution is -0.126. The molecule has 2 fully saturated rings. The van der Waals surface area contributed by atoms with Gasteiger partial charge in [-0.3, -0.25) is 4.79 Å². The number of carbonyl (C=O) groups is 1. The topological polar surface area (TPSA) is 116 Å². The summed E-state index contributed by atoms with van der Waals surface area (Å²) in [6.07, 6.45) is 1.74. The Labute approximate surface area is 218 Å². The largest absolute Gasteiger partial charge is 0.349 e. The molecule has 3 aromatic rings. The fourth-order valence-electron chi connectivity index (χ4n) is 5.18. The molecule has 1 aliphatic carbocycles. The van der Waals surface area contributed by atoms with Crippen molar-refractivity contribution in [1.82, 2.24) is 25.3 Å². The number of H-pyrrole nitrogens is 1. The van der Waals surface area contributed by atoms with Crippen LogP contribution in [-0.2, 0) is 14.8 Å². The van der Waals surface area contributed by atoms with E-state index < -0.39 is 28.5 Å². The number of hydrogen-bond donors (Lipinski definition) is 4. The van der Waals surface area contributed by atoms with Crippen LogP contribution in [0.15, 0.2) is 47.4 Å². The van der Waals surface area contributed by atoms with Crippen LogP contribution in [0.4, 0.5) is 13.2 Å². The zero-order chi connectivity index (χ0) is 27.1. The molecule has 2 aromatic carbocycles. The summed E-state index contributed by atoms with van der Waals surface area (Å²) in [5.74, 6) is -3.11. The van der Waals surface area contributed by atoms with Gasteiger partial charge in [0.1, 0.15) is 11.6 Å². The Morgan fingerprint density at radius 2 is 1.82 bits per heavy atom. The average Bonchev–Trinajstić information content (AvgIpc) is 3.46. The van der Waals surface area contributed by atoms with E-state index in [9.17, 15) is 26.4 Å². The number of nitrogens with one attached hydrogen (secondary N) is 4. The van der Waals surface area contributed by atoms with Gasteiger partial charge < -0.3 is 15.6 Å². The summed E-state index contributed by atoms with van der Waals surface area (Å²) in [7, 11) is -3.84. The Hall–Kier alpha value is -2.96. The van der Waals surface area contributed by atoms with Gasteiger partial charge in [0.25, 0.3) is 5.92 Å². The number of hydrogen-bond acceptors (Lipinski definition) is 5. The summed E-state index contributed by atoms with van der Waals surface area (Å²) in [4.78, 5) is 20.1. The maximum Gasteiger partial charge on any atom is 0.262 e. The molecule has 2 aliphatic rings. The number of halogens is 3. The molecule has 0 bridgehead atoms. The highest BCUT2D eigenvalue weighted by Crippen LogP contribution is 2.34. The number of amides is 1. The molecule has 8 nitrogen and oxygen atoms in total. The fourth-order valence-corrected chi connectivity index (χ4v) is 6.51. The van der Waals surface area contributed by atoms with E-state index in [1.165, 1.54) is 24.3 Å². The van der Waals surface area contributed by atoms with Crippen LogP contribution in [0.5, 0.6) is 0 Å². The van der Waals surface area contributed by atoms with Crippen LogP contribution in [0.1, 0.15) is 62.5 Å². The maximum absolute atomic E-state index is 13.6. The monoisotopic (exact) mass is 549 g/mol. The lowest BCUT2D eigenvalue weighted by Gasteiger charge is -2.29. The van der Waals surface area contributed by atoms with Gasteiger partial charge in [-0.2, -0.15) is 0 Å². The van der Waals surface area contributed by atoms with Crippen molar-refractivity contribution in [3.05, 3.63) is 59.7 Å². The first-order valence-corrected chi connectivity index (χ1v) is 14.2. The molecule has 38 heavy (non-hydrogen) atoms. The lowest BCUT2D eigenvalue weighted by Crippen LogP contribution is -2.41. The minimum atomic E-state index is -3.84. The number of benzene rings is 2. The van der Waals surface area contributed by atoms with E-state index in [4.69, 9.17) is 0 Å². The molecule has 1 aliphatic heterocycles. The molecule has 0 radical (unpaired) electrons. The highest BCUT2D eigenvalue weighted by Gasteiger charge is 2.41. The van der Waals surface area contributed by atoms with Gasteiger partial charge in [-0.15, -0.1) is 0 Å². The quantitative estimate of drug-likeness (QED) is 0.354. The maximum atomic E-state index is 13.6. The van der Waals surface area contributed by atoms with E-state index >= 15 is 0 Å². The normalized spacial score (nSPS) is 24.4. The molecule has 4 N–H and O–H groups in total. The number of carbonyl (C=O) groups excluding carboxylic acids is 1. The minimum Gasteiger partial charge on any atom is -0.349 e. The number of aromatic nitrogens is 2. The molecular weight excluding hydrogens is 519 g/mol. The Morgan fingerprint density at radius 3 is 2.47 bits per heavy atom. The lowest BCUT2D eigenvalue weighted by atomic mass is 9.85. The van der Waals surface area contributed by atoms with E-state index in [1.54, 1.807) is 18.2 Å². The molecule has 1 saturated heterocycles. The molecule has 1 unspecified atom stereocenters. The molecule has 0 spiro atoms. The highest BCUT2D eigenvalue weighted by atomic mass is 32.2. The van der Waals surface area contributed by atoms with Gasteiger partial charge in [0.05, 0.1) is 34.6 Å². The van der Waals surface area contributed by atoms with Crippen LogP contribution in [0.3, 0.4) is 0 Å². The molecule has 2 heterocycles. The molecule has 1 amide bonds. The van der Waals surface area contributed by atoms with Crippen LogP contribution in [-0.4, -0.2) is 42.8 Å². The summed E-state index contributed by atoms with van der Waals surface area (Å²) >= 11 is 0. The Balaban J connectivity index is 1.17. The SMILES string of the molecule is C[C@@H](NC(=O)C1CCC(NS(=O)(=O)c2ccc3nc(C4CC(F)(F)CN4)[nH]c3c2)CC1)c1ccc(F)cc1. The van der Waals surface area contributed by atoms with Crippen molar-refractivity contribution < 1.29 is 26.4 Å². The number of sulfonamides is 1. The van der Waals surface area contributed by atoms with Crippen LogP contribution in [0.2, 0.25) is 0 Å². The molecule has 204 valence electrons. The first-order chi connectivity index (χ1) is 18.0. The second-order valence-corrected chi connectivity index (χ2v) is 12.0. The van der Waals surface area contributed by atoms with Gasteiger partial charge >= 0.3 is 0 Å². The van der Waals surface area contributed by atoms with Crippen molar-refractivity contribution in [2.45, 2.75) is 68.0 Å². The van der Waals surface area contributed by atoms with Crippen molar-refractivity contribution in [1.29, 1.82) is 0 Å². The number of rotatable bonds is 7. The molecule has 1 saturated carbocycles. The van der Waals surface area contributed by atoms with Crippen molar-refractivity contribution in [3.63, 3.8) is 0 Å². The van der Waals surface area contributed by atoms with Crippen LogP contribution in [0.25, 0.3) is 11.0 Å². The number of aromatic amines is 1. The van der Waals surface area contributed by atoms with Crippen molar-refractivity contribution in [3.8, 4) is 0 Å². The van der Waals surface area contributed by atoms with Gasteiger partial charge in [0.15, 0.2) is 0 Å². The predicted molar refractivity (Wildman–Crippen MR) is 135 cm³/mol. The van der Waals surface area contributed by atoms with Crippen molar-refractivity contribution >= 4 is 27.0 Å². The second kappa shape index (κ2) is 10.3. The van der Waals surface area contributed by atoms with E-state index in [1.807, 2.05) is 6.92 Å². The summed E-state index contributed by atoms with van der Waals surface area (Å²) < 4.78 is 69.2. The fraction of sp³-hybridized carbons (Fsp3) is 0.462. The summed E-state index contributed by atoms with van der Waals surface area (Å²) in [5, 5.41) is 5.70. The number of fused-ring (bicyclic) bond motifs is 1. The van der Waals surface area contributed by atoms with Crippen molar-refractivity contribution in [2.24, 2.45) is 5.92 Å². The summed E-state index contributed by atoms with van der Waals surface area (Å²) in [6, 6.07) is 9.24. The number of alkyl halides is 2. The average molecular weight is 550 g/mol. The summed E-state index contributed by atoms with van der Waals surface area (Å²) in [6.45, 7) is 1.42. The first-order valence-electron chi connectivity index (χ1n) is 12.7. The van der Waals surface area contributed by atoms with Gasteiger partial charge in [-0.1, -0.05) is 12.1 Å². The Kier molecular flexibility index (Phi) is 7.23. The third kappa shape index (κ3) is 5.87. The first kappa shape index (κ1) is 26.6.